The largest absolute Gasteiger partial charge is 0.464 e. The van der Waals surface area contributed by atoms with Gasteiger partial charge in [0.25, 0.3) is 0 Å². The molecule has 150 valence electrons. The molecule has 0 rings (SSSR count). The van der Waals surface area contributed by atoms with Crippen LogP contribution >= 0.6 is 0 Å². The molecule has 0 amide bonds. The number of ether oxygens (including phenoxy) is 1. The molecule has 0 aliphatic heterocycles. The number of nitrogens with two attached hydrogens (primary N) is 1. The van der Waals surface area contributed by atoms with E-state index in [-0.39, 0.29) is 0 Å². The molecule has 0 radical (unpaired) electrons. The van der Waals surface area contributed by atoms with Crippen LogP contribution in [0.15, 0.2) is 0 Å². The van der Waals surface area contributed by atoms with E-state index in [0.717, 1.165) is 19.3 Å². The monoisotopic (exact) mass is 357 g/mol. The average molecular weight is 358 g/mol. The van der Waals surface area contributed by atoms with Gasteiger partial charge < -0.3 is 15.6 Å². The molecule has 0 aromatic heterocycles. The van der Waals surface area contributed by atoms with Crippen molar-refractivity contribution in [2.24, 2.45) is 5.73 Å². The zero-order valence-corrected chi connectivity index (χ0v) is 16.8. The normalized spacial score (nSPS) is 13.6. The molecule has 0 bridgehead atoms. The van der Waals surface area contributed by atoms with Crippen LogP contribution in [0.5, 0.6) is 0 Å². The fourth-order valence-corrected chi connectivity index (χ4v) is 3.01. The predicted octanol–water partition coefficient (Wildman–Crippen LogP) is 5.11. The Kier molecular flexibility index (Phi) is 17.7. The van der Waals surface area contributed by atoms with Gasteiger partial charge in [-0.25, -0.2) is 0 Å². The van der Waals surface area contributed by atoms with Crippen molar-refractivity contribution in [3.8, 4) is 0 Å². The fourth-order valence-electron chi connectivity index (χ4n) is 3.01. The van der Waals surface area contributed by atoms with Crippen LogP contribution in [-0.2, 0) is 9.53 Å². The van der Waals surface area contributed by atoms with E-state index in [9.17, 15) is 9.90 Å². The van der Waals surface area contributed by atoms with Crippen molar-refractivity contribution in [2.75, 3.05) is 6.61 Å². The Morgan fingerprint density at radius 1 is 0.800 bits per heavy atom. The number of carbonyl (C=O) groups excluding carboxylic acids is 1. The van der Waals surface area contributed by atoms with Crippen LogP contribution in [0.2, 0.25) is 0 Å². The third-order valence-corrected chi connectivity index (χ3v) is 4.74. The number of carbonyl (C=O) groups is 1. The molecule has 0 heterocycles. The minimum absolute atomic E-state index is 0.373. The van der Waals surface area contributed by atoms with Gasteiger partial charge in [-0.05, 0) is 12.8 Å². The Balaban J connectivity index is 3.36. The van der Waals surface area contributed by atoms with Crippen molar-refractivity contribution < 1.29 is 14.6 Å². The lowest BCUT2D eigenvalue weighted by atomic mass is 10.0. The molecule has 0 spiro atoms. The lowest BCUT2D eigenvalue weighted by molar-refractivity contribution is -0.148. The van der Waals surface area contributed by atoms with Crippen molar-refractivity contribution in [3.63, 3.8) is 0 Å². The third kappa shape index (κ3) is 15.4. The van der Waals surface area contributed by atoms with Crippen molar-refractivity contribution in [2.45, 2.75) is 122 Å². The Morgan fingerprint density at radius 2 is 1.24 bits per heavy atom. The minimum atomic E-state index is -0.899. The molecule has 25 heavy (non-hydrogen) atoms. The van der Waals surface area contributed by atoms with Gasteiger partial charge in [0.2, 0.25) is 0 Å². The Bertz CT molecular complexity index is 297. The van der Waals surface area contributed by atoms with E-state index >= 15 is 0 Å². The molecule has 2 atom stereocenters. The molecule has 0 fully saturated rings. The maximum absolute atomic E-state index is 11.6. The summed E-state index contributed by atoms with van der Waals surface area (Å²) in [5.41, 5.74) is 5.72. The average Bonchev–Trinajstić information content (AvgIpc) is 2.62. The smallest absolute Gasteiger partial charge is 0.325 e. The first-order valence-corrected chi connectivity index (χ1v) is 10.7. The topological polar surface area (TPSA) is 72.5 Å². The van der Waals surface area contributed by atoms with Crippen molar-refractivity contribution in [1.29, 1.82) is 0 Å². The first-order valence-electron chi connectivity index (χ1n) is 10.7. The van der Waals surface area contributed by atoms with Crippen LogP contribution in [0.3, 0.4) is 0 Å². The van der Waals surface area contributed by atoms with Gasteiger partial charge in [0.1, 0.15) is 6.04 Å². The first kappa shape index (κ1) is 24.4. The number of aliphatic hydroxyl groups excluding tert-OH is 1. The Morgan fingerprint density at radius 3 is 1.68 bits per heavy atom. The summed E-state index contributed by atoms with van der Waals surface area (Å²) in [5, 5.41) is 9.94. The van der Waals surface area contributed by atoms with Crippen molar-refractivity contribution in [3.05, 3.63) is 0 Å². The number of aliphatic hydroxyl groups is 1. The summed E-state index contributed by atoms with van der Waals surface area (Å²) in [4.78, 5) is 11.6. The molecule has 0 aliphatic carbocycles. The van der Waals surface area contributed by atoms with Crippen LogP contribution < -0.4 is 5.73 Å². The second kappa shape index (κ2) is 18.2. The highest BCUT2D eigenvalue weighted by Crippen LogP contribution is 2.14. The molecular weight excluding hydrogens is 314 g/mol. The summed E-state index contributed by atoms with van der Waals surface area (Å²) in [6.45, 7) is 4.57. The van der Waals surface area contributed by atoms with Gasteiger partial charge in [-0.1, -0.05) is 97.3 Å². The zero-order valence-electron chi connectivity index (χ0n) is 16.8. The second-order valence-corrected chi connectivity index (χ2v) is 7.29. The molecule has 4 heteroatoms. The first-order chi connectivity index (χ1) is 12.1. The van der Waals surface area contributed by atoms with E-state index in [1.807, 2.05) is 6.92 Å². The van der Waals surface area contributed by atoms with E-state index < -0.39 is 18.1 Å². The predicted molar refractivity (Wildman–Crippen MR) is 106 cm³/mol. The van der Waals surface area contributed by atoms with Gasteiger partial charge in [0.15, 0.2) is 0 Å². The van der Waals surface area contributed by atoms with Gasteiger partial charge >= 0.3 is 5.97 Å². The van der Waals surface area contributed by atoms with Crippen LogP contribution in [0.1, 0.15) is 110 Å². The van der Waals surface area contributed by atoms with Gasteiger partial charge in [-0.15, -0.1) is 0 Å². The highest BCUT2D eigenvalue weighted by atomic mass is 16.5. The summed E-state index contributed by atoms with van der Waals surface area (Å²) in [6, 6.07) is -0.899. The highest BCUT2D eigenvalue weighted by Gasteiger charge is 2.23. The molecule has 0 aliphatic rings. The number of rotatable bonds is 18. The van der Waals surface area contributed by atoms with E-state index in [2.05, 4.69) is 6.92 Å². The van der Waals surface area contributed by atoms with Crippen LogP contribution in [0.25, 0.3) is 0 Å². The van der Waals surface area contributed by atoms with E-state index in [1.54, 1.807) is 0 Å². The zero-order chi connectivity index (χ0) is 18.8. The van der Waals surface area contributed by atoms with Gasteiger partial charge in [-0.3, -0.25) is 4.79 Å². The molecule has 0 unspecified atom stereocenters. The molecule has 0 saturated carbocycles. The number of hydrogen-bond donors (Lipinski definition) is 2. The van der Waals surface area contributed by atoms with E-state index in [4.69, 9.17) is 10.5 Å². The van der Waals surface area contributed by atoms with Crippen LogP contribution in [0, 0.1) is 0 Å². The Labute approximate surface area is 155 Å². The Hall–Kier alpha value is -0.610. The molecule has 0 aromatic carbocycles. The molecule has 0 aromatic rings. The van der Waals surface area contributed by atoms with Gasteiger partial charge in [0, 0.05) is 0 Å². The summed E-state index contributed by atoms with van der Waals surface area (Å²) >= 11 is 0. The number of unbranched alkanes of at least 4 members (excludes halogenated alkanes) is 12. The summed E-state index contributed by atoms with van der Waals surface area (Å²) in [6.07, 6.45) is 17.4. The molecule has 3 N–H and O–H groups in total. The van der Waals surface area contributed by atoms with Crippen LogP contribution in [-0.4, -0.2) is 29.8 Å². The lowest BCUT2D eigenvalue weighted by Crippen LogP contribution is -2.43. The maximum Gasteiger partial charge on any atom is 0.325 e. The second-order valence-electron chi connectivity index (χ2n) is 7.29. The summed E-state index contributed by atoms with van der Waals surface area (Å²) in [5.74, 6) is -0.482. The summed E-state index contributed by atoms with van der Waals surface area (Å²) in [7, 11) is 0. The fraction of sp³-hybridized carbons (Fsp3) is 0.952. The molecule has 0 saturated heterocycles. The SMILES string of the molecule is CCCCCCCCCCCCCCC[C@@H](O)[C@@H](N)C(=O)OCCC. The molecule has 4 nitrogen and oxygen atoms in total. The number of hydrogen-bond acceptors (Lipinski definition) is 4. The van der Waals surface area contributed by atoms with E-state index in [1.165, 1.54) is 70.6 Å². The third-order valence-electron chi connectivity index (χ3n) is 4.74. The standard InChI is InChI=1S/C21H43NO3/c1-3-5-6-7-8-9-10-11-12-13-14-15-16-17-19(23)20(22)21(24)25-18-4-2/h19-20,23H,3-18,22H2,1-2H3/t19-,20-/m1/s1. The lowest BCUT2D eigenvalue weighted by Gasteiger charge is -2.17. The van der Waals surface area contributed by atoms with Crippen molar-refractivity contribution in [1.82, 2.24) is 0 Å². The minimum Gasteiger partial charge on any atom is -0.464 e. The van der Waals surface area contributed by atoms with Crippen LogP contribution in [0.4, 0.5) is 0 Å². The van der Waals surface area contributed by atoms with E-state index in [0.29, 0.717) is 13.0 Å². The molecular formula is C21H43NO3. The number of esters is 1. The highest BCUT2D eigenvalue weighted by molar-refractivity contribution is 5.76. The maximum atomic E-state index is 11.6. The van der Waals surface area contributed by atoms with Crippen molar-refractivity contribution >= 4 is 5.97 Å². The van der Waals surface area contributed by atoms with Gasteiger partial charge in [0.05, 0.1) is 12.7 Å². The summed E-state index contributed by atoms with van der Waals surface area (Å²) < 4.78 is 4.97. The van der Waals surface area contributed by atoms with Gasteiger partial charge in [-0.2, -0.15) is 0 Å². The quantitative estimate of drug-likeness (QED) is 0.264.